The van der Waals surface area contributed by atoms with Crippen LogP contribution in [0.2, 0.25) is 0 Å². The van der Waals surface area contributed by atoms with Gasteiger partial charge in [-0.3, -0.25) is 4.79 Å². The SMILES string of the molecule is Cc1cc(C(=O)CBr)c(Br)cc1I. The van der Waals surface area contributed by atoms with Gasteiger partial charge >= 0.3 is 0 Å². The summed E-state index contributed by atoms with van der Waals surface area (Å²) < 4.78 is 2.03. The molecule has 0 aliphatic carbocycles. The Labute approximate surface area is 108 Å². The Morgan fingerprint density at radius 2 is 2.15 bits per heavy atom. The third-order valence-electron chi connectivity index (χ3n) is 1.67. The van der Waals surface area contributed by atoms with Crippen LogP contribution in [0.15, 0.2) is 16.6 Å². The zero-order valence-corrected chi connectivity index (χ0v) is 12.2. The van der Waals surface area contributed by atoms with E-state index in [-0.39, 0.29) is 5.78 Å². The zero-order valence-electron chi connectivity index (χ0n) is 6.90. The number of Topliss-reactive ketones (excluding diaryl/α,β-unsaturated/α-hetero) is 1. The van der Waals surface area contributed by atoms with Crippen LogP contribution in [0.3, 0.4) is 0 Å². The van der Waals surface area contributed by atoms with Crippen LogP contribution in [0.1, 0.15) is 15.9 Å². The summed E-state index contributed by atoms with van der Waals surface area (Å²) >= 11 is 8.78. The van der Waals surface area contributed by atoms with Crippen molar-refractivity contribution in [1.82, 2.24) is 0 Å². The Morgan fingerprint density at radius 3 is 2.69 bits per heavy atom. The second-order valence-electron chi connectivity index (χ2n) is 2.64. The number of halogens is 3. The average molecular weight is 418 g/mol. The third kappa shape index (κ3) is 2.76. The predicted molar refractivity (Wildman–Crippen MR) is 69.7 cm³/mol. The average Bonchev–Trinajstić information content (AvgIpc) is 2.10. The van der Waals surface area contributed by atoms with Gasteiger partial charge in [0, 0.05) is 13.6 Å². The number of hydrogen-bond donors (Lipinski definition) is 0. The van der Waals surface area contributed by atoms with Gasteiger partial charge in [0.2, 0.25) is 0 Å². The van der Waals surface area contributed by atoms with Crippen LogP contribution >= 0.6 is 54.5 Å². The fraction of sp³-hybridized carbons (Fsp3) is 0.222. The summed E-state index contributed by atoms with van der Waals surface area (Å²) in [7, 11) is 0. The molecule has 0 heterocycles. The van der Waals surface area contributed by atoms with Crippen molar-refractivity contribution >= 4 is 60.2 Å². The maximum Gasteiger partial charge on any atom is 0.174 e. The number of carbonyl (C=O) groups excluding carboxylic acids is 1. The molecule has 0 amide bonds. The van der Waals surface area contributed by atoms with Crippen molar-refractivity contribution < 1.29 is 4.79 Å². The fourth-order valence-corrected chi connectivity index (χ4v) is 2.70. The summed E-state index contributed by atoms with van der Waals surface area (Å²) in [5.74, 6) is 0.103. The fourth-order valence-electron chi connectivity index (χ4n) is 0.943. The van der Waals surface area contributed by atoms with Crippen molar-refractivity contribution in [3.8, 4) is 0 Å². The molecule has 0 saturated carbocycles. The molecule has 1 aromatic rings. The molecule has 0 aliphatic heterocycles. The van der Waals surface area contributed by atoms with E-state index in [9.17, 15) is 4.79 Å². The van der Waals surface area contributed by atoms with Crippen molar-refractivity contribution in [3.63, 3.8) is 0 Å². The highest BCUT2D eigenvalue weighted by atomic mass is 127. The van der Waals surface area contributed by atoms with Gasteiger partial charge in [-0.05, 0) is 47.2 Å². The van der Waals surface area contributed by atoms with Crippen LogP contribution in [0.5, 0.6) is 0 Å². The van der Waals surface area contributed by atoms with Crippen LogP contribution in [0, 0.1) is 10.5 Å². The summed E-state index contributed by atoms with van der Waals surface area (Å²) in [5.41, 5.74) is 1.88. The molecule has 1 nitrogen and oxygen atoms in total. The number of hydrogen-bond acceptors (Lipinski definition) is 1. The number of carbonyl (C=O) groups is 1. The van der Waals surface area contributed by atoms with Crippen molar-refractivity contribution in [3.05, 3.63) is 31.3 Å². The number of ketones is 1. The monoisotopic (exact) mass is 416 g/mol. The van der Waals surface area contributed by atoms with E-state index in [1.54, 1.807) is 0 Å². The molecule has 0 unspecified atom stereocenters. The molecule has 4 heteroatoms. The maximum atomic E-state index is 11.4. The summed E-state index contributed by atoms with van der Waals surface area (Å²) in [6, 6.07) is 3.88. The molecule has 0 bridgehead atoms. The van der Waals surface area contributed by atoms with E-state index in [4.69, 9.17) is 0 Å². The minimum absolute atomic E-state index is 0.103. The van der Waals surface area contributed by atoms with Crippen LogP contribution in [0.4, 0.5) is 0 Å². The first-order chi connectivity index (χ1) is 6.06. The molecule has 70 valence electrons. The molecule has 0 radical (unpaired) electrons. The first-order valence-corrected chi connectivity index (χ1v) is 6.60. The minimum atomic E-state index is 0.103. The first kappa shape index (κ1) is 11.7. The van der Waals surface area contributed by atoms with Crippen molar-refractivity contribution in [2.45, 2.75) is 6.92 Å². The lowest BCUT2D eigenvalue weighted by atomic mass is 10.1. The van der Waals surface area contributed by atoms with Crippen molar-refractivity contribution in [2.75, 3.05) is 5.33 Å². The van der Waals surface area contributed by atoms with Crippen LogP contribution < -0.4 is 0 Å². The lowest BCUT2D eigenvalue weighted by molar-refractivity contribution is 0.102. The van der Waals surface area contributed by atoms with E-state index in [1.807, 2.05) is 19.1 Å². The normalized spacial score (nSPS) is 10.2. The highest BCUT2D eigenvalue weighted by molar-refractivity contribution is 14.1. The minimum Gasteiger partial charge on any atom is -0.293 e. The van der Waals surface area contributed by atoms with Crippen LogP contribution in [-0.4, -0.2) is 11.1 Å². The zero-order chi connectivity index (χ0) is 10.0. The molecule has 0 fully saturated rings. The van der Waals surface area contributed by atoms with Crippen LogP contribution in [-0.2, 0) is 0 Å². The molecular weight excluding hydrogens is 411 g/mol. The number of rotatable bonds is 2. The number of alkyl halides is 1. The predicted octanol–water partition coefficient (Wildman–Crippen LogP) is 3.94. The lowest BCUT2D eigenvalue weighted by Gasteiger charge is -2.04. The van der Waals surface area contributed by atoms with Gasteiger partial charge in [0.05, 0.1) is 5.33 Å². The summed E-state index contributed by atoms with van der Waals surface area (Å²) in [6.07, 6.45) is 0. The lowest BCUT2D eigenvalue weighted by Crippen LogP contribution is -2.02. The Kier molecular flexibility index (Phi) is 4.38. The molecular formula is C9H7Br2IO. The Hall–Kier alpha value is 0.580. The van der Waals surface area contributed by atoms with Gasteiger partial charge in [-0.1, -0.05) is 31.9 Å². The molecule has 1 aromatic carbocycles. The molecule has 0 aliphatic rings. The van der Waals surface area contributed by atoms with Crippen molar-refractivity contribution in [1.29, 1.82) is 0 Å². The van der Waals surface area contributed by atoms with Gasteiger partial charge in [-0.15, -0.1) is 0 Å². The second-order valence-corrected chi connectivity index (χ2v) is 5.22. The van der Waals surface area contributed by atoms with E-state index in [0.717, 1.165) is 19.2 Å². The second kappa shape index (κ2) is 4.89. The topological polar surface area (TPSA) is 17.1 Å². The molecule has 13 heavy (non-hydrogen) atoms. The van der Waals surface area contributed by atoms with E-state index in [1.165, 1.54) is 0 Å². The largest absolute Gasteiger partial charge is 0.293 e. The van der Waals surface area contributed by atoms with Gasteiger partial charge in [0.25, 0.3) is 0 Å². The summed E-state index contributed by atoms with van der Waals surface area (Å²) in [6.45, 7) is 2.00. The Bertz CT molecular complexity index is 350. The van der Waals surface area contributed by atoms with E-state index < -0.39 is 0 Å². The highest BCUT2D eigenvalue weighted by Crippen LogP contribution is 2.23. The molecule has 0 atom stereocenters. The highest BCUT2D eigenvalue weighted by Gasteiger charge is 2.10. The van der Waals surface area contributed by atoms with Gasteiger partial charge in [0.15, 0.2) is 5.78 Å². The summed E-state index contributed by atoms with van der Waals surface area (Å²) in [5, 5.41) is 0.367. The van der Waals surface area contributed by atoms with Gasteiger partial charge in [-0.25, -0.2) is 0 Å². The quantitative estimate of drug-likeness (QED) is 0.405. The van der Waals surface area contributed by atoms with E-state index in [2.05, 4.69) is 54.5 Å². The Morgan fingerprint density at radius 1 is 1.54 bits per heavy atom. The van der Waals surface area contributed by atoms with Crippen molar-refractivity contribution in [2.24, 2.45) is 0 Å². The molecule has 0 spiro atoms. The van der Waals surface area contributed by atoms with E-state index in [0.29, 0.717) is 5.33 Å². The van der Waals surface area contributed by atoms with Gasteiger partial charge in [-0.2, -0.15) is 0 Å². The third-order valence-corrected chi connectivity index (χ3v) is 4.00. The Balaban J connectivity index is 3.23. The molecule has 0 saturated heterocycles. The number of aryl methyl sites for hydroxylation is 1. The number of benzene rings is 1. The van der Waals surface area contributed by atoms with E-state index >= 15 is 0 Å². The first-order valence-electron chi connectivity index (χ1n) is 3.61. The molecule has 1 rings (SSSR count). The standard InChI is InChI=1S/C9H7Br2IO/c1-5-2-6(9(13)4-10)7(11)3-8(5)12/h2-3H,4H2,1H3. The van der Waals surface area contributed by atoms with Gasteiger partial charge in [0.1, 0.15) is 0 Å². The van der Waals surface area contributed by atoms with Crippen LogP contribution in [0.25, 0.3) is 0 Å². The maximum absolute atomic E-state index is 11.4. The van der Waals surface area contributed by atoms with Gasteiger partial charge < -0.3 is 0 Å². The molecule has 0 aromatic heterocycles. The summed E-state index contributed by atoms with van der Waals surface area (Å²) in [4.78, 5) is 11.4. The smallest absolute Gasteiger partial charge is 0.174 e. The molecule has 0 N–H and O–H groups in total.